The van der Waals surface area contributed by atoms with Crippen LogP contribution in [0.3, 0.4) is 0 Å². The number of aromatic nitrogens is 2. The second-order valence-electron chi connectivity index (χ2n) is 4.68. The predicted molar refractivity (Wildman–Crippen MR) is 78.4 cm³/mol. The Labute approximate surface area is 116 Å². The normalized spacial score (nSPS) is 11.1. The monoisotopic (exact) mass is 268 g/mol. The van der Waals surface area contributed by atoms with Gasteiger partial charge >= 0.3 is 0 Å². The molecule has 1 heterocycles. The number of hydrogen-bond acceptors (Lipinski definition) is 3. The second-order valence-corrected chi connectivity index (χ2v) is 4.68. The SMILES string of the molecule is CCn1c(CO)nc2ccc(-c3ccc(O)cc3)cc21. The summed E-state index contributed by atoms with van der Waals surface area (Å²) in [7, 11) is 0. The molecular weight excluding hydrogens is 252 g/mol. The van der Waals surface area contributed by atoms with Crippen LogP contribution in [0.15, 0.2) is 42.5 Å². The van der Waals surface area contributed by atoms with E-state index in [9.17, 15) is 10.2 Å². The highest BCUT2D eigenvalue weighted by atomic mass is 16.3. The van der Waals surface area contributed by atoms with Gasteiger partial charge in [0, 0.05) is 6.54 Å². The summed E-state index contributed by atoms with van der Waals surface area (Å²) in [4.78, 5) is 4.42. The summed E-state index contributed by atoms with van der Waals surface area (Å²) in [5.41, 5.74) is 4.01. The van der Waals surface area contributed by atoms with Gasteiger partial charge in [-0.05, 0) is 42.3 Å². The lowest BCUT2D eigenvalue weighted by Crippen LogP contribution is -2.00. The maximum Gasteiger partial charge on any atom is 0.135 e. The maximum absolute atomic E-state index is 9.36. The highest BCUT2D eigenvalue weighted by molar-refractivity contribution is 5.82. The Balaban J connectivity index is 2.16. The minimum absolute atomic E-state index is 0.0585. The van der Waals surface area contributed by atoms with E-state index in [0.717, 1.165) is 28.7 Å². The van der Waals surface area contributed by atoms with Crippen molar-refractivity contribution in [1.29, 1.82) is 0 Å². The molecule has 20 heavy (non-hydrogen) atoms. The van der Waals surface area contributed by atoms with Gasteiger partial charge in [0.15, 0.2) is 0 Å². The Bertz CT molecular complexity index is 745. The molecule has 0 fully saturated rings. The fourth-order valence-corrected chi connectivity index (χ4v) is 2.48. The van der Waals surface area contributed by atoms with Crippen LogP contribution in [0.4, 0.5) is 0 Å². The summed E-state index contributed by atoms with van der Waals surface area (Å²) in [6.07, 6.45) is 0. The lowest BCUT2D eigenvalue weighted by atomic mass is 10.1. The Morgan fingerprint density at radius 3 is 2.40 bits per heavy atom. The molecule has 2 aromatic carbocycles. The molecule has 0 aliphatic rings. The van der Waals surface area contributed by atoms with Gasteiger partial charge in [0.05, 0.1) is 11.0 Å². The third kappa shape index (κ3) is 2.04. The Kier molecular flexibility index (Phi) is 3.16. The van der Waals surface area contributed by atoms with Crippen molar-refractivity contribution in [2.24, 2.45) is 0 Å². The molecule has 0 atom stereocenters. The molecule has 0 unspecified atom stereocenters. The lowest BCUT2D eigenvalue weighted by molar-refractivity contribution is 0.266. The average molecular weight is 268 g/mol. The first kappa shape index (κ1) is 12.7. The van der Waals surface area contributed by atoms with Crippen molar-refractivity contribution in [3.8, 4) is 16.9 Å². The highest BCUT2D eigenvalue weighted by Crippen LogP contribution is 2.26. The summed E-state index contributed by atoms with van der Waals surface area (Å²) in [5, 5.41) is 18.7. The maximum atomic E-state index is 9.36. The van der Waals surface area contributed by atoms with E-state index in [1.807, 2.05) is 35.8 Å². The number of aliphatic hydroxyl groups is 1. The van der Waals surface area contributed by atoms with E-state index in [0.29, 0.717) is 5.82 Å². The first-order valence-electron chi connectivity index (χ1n) is 6.62. The van der Waals surface area contributed by atoms with E-state index >= 15 is 0 Å². The minimum Gasteiger partial charge on any atom is -0.508 e. The standard InChI is InChI=1S/C16H16N2O2/c1-2-18-15-9-12(11-3-6-13(20)7-4-11)5-8-14(15)17-16(18)10-19/h3-9,19-20H,2,10H2,1H3. The molecule has 0 aliphatic carbocycles. The van der Waals surface area contributed by atoms with E-state index in [1.165, 1.54) is 0 Å². The third-order valence-electron chi connectivity index (χ3n) is 3.49. The molecular formula is C16H16N2O2. The Hall–Kier alpha value is -2.33. The fraction of sp³-hybridized carbons (Fsp3) is 0.188. The molecule has 1 aromatic heterocycles. The van der Waals surface area contributed by atoms with E-state index in [4.69, 9.17) is 0 Å². The smallest absolute Gasteiger partial charge is 0.135 e. The van der Waals surface area contributed by atoms with Crippen LogP contribution >= 0.6 is 0 Å². The molecule has 4 nitrogen and oxygen atoms in total. The van der Waals surface area contributed by atoms with Gasteiger partial charge in [-0.3, -0.25) is 0 Å². The van der Waals surface area contributed by atoms with E-state index in [2.05, 4.69) is 11.1 Å². The first-order valence-corrected chi connectivity index (χ1v) is 6.62. The molecule has 0 radical (unpaired) electrons. The molecule has 0 amide bonds. The van der Waals surface area contributed by atoms with Gasteiger partial charge in [0.2, 0.25) is 0 Å². The zero-order valence-electron chi connectivity index (χ0n) is 11.2. The number of phenolic OH excluding ortho intramolecular Hbond substituents is 1. The minimum atomic E-state index is -0.0585. The summed E-state index contributed by atoms with van der Waals surface area (Å²) in [6, 6.07) is 13.2. The third-order valence-corrected chi connectivity index (χ3v) is 3.49. The number of fused-ring (bicyclic) bond motifs is 1. The van der Waals surface area contributed by atoms with Gasteiger partial charge in [-0.2, -0.15) is 0 Å². The number of nitrogens with zero attached hydrogens (tertiary/aromatic N) is 2. The molecule has 0 bridgehead atoms. The van der Waals surface area contributed by atoms with Crippen molar-refractivity contribution in [3.05, 3.63) is 48.3 Å². The van der Waals surface area contributed by atoms with E-state index < -0.39 is 0 Å². The van der Waals surface area contributed by atoms with Crippen LogP contribution in [0.1, 0.15) is 12.7 Å². The zero-order chi connectivity index (χ0) is 14.1. The summed E-state index contributed by atoms with van der Waals surface area (Å²) >= 11 is 0. The molecule has 0 saturated heterocycles. The lowest BCUT2D eigenvalue weighted by Gasteiger charge is -2.06. The molecule has 3 aromatic rings. The van der Waals surface area contributed by atoms with E-state index in [1.54, 1.807) is 12.1 Å². The van der Waals surface area contributed by atoms with Gasteiger partial charge in [0.25, 0.3) is 0 Å². The fourth-order valence-electron chi connectivity index (χ4n) is 2.48. The molecule has 3 rings (SSSR count). The molecule has 4 heteroatoms. The highest BCUT2D eigenvalue weighted by Gasteiger charge is 2.09. The summed E-state index contributed by atoms with van der Waals surface area (Å²) < 4.78 is 2.01. The van der Waals surface area contributed by atoms with Crippen LogP contribution in [0.25, 0.3) is 22.2 Å². The second kappa shape index (κ2) is 4.98. The Morgan fingerprint density at radius 2 is 1.75 bits per heavy atom. The number of imidazole rings is 1. The van der Waals surface area contributed by atoms with Crippen LogP contribution in [0.2, 0.25) is 0 Å². The molecule has 0 spiro atoms. The number of phenols is 1. The first-order chi connectivity index (χ1) is 9.72. The van der Waals surface area contributed by atoms with Gasteiger partial charge in [-0.25, -0.2) is 4.98 Å². The van der Waals surface area contributed by atoms with Crippen LogP contribution < -0.4 is 0 Å². The van der Waals surface area contributed by atoms with Crippen molar-refractivity contribution in [2.45, 2.75) is 20.1 Å². The zero-order valence-corrected chi connectivity index (χ0v) is 11.2. The van der Waals surface area contributed by atoms with Gasteiger partial charge in [-0.1, -0.05) is 18.2 Å². The van der Waals surface area contributed by atoms with E-state index in [-0.39, 0.29) is 12.4 Å². The summed E-state index contributed by atoms with van der Waals surface area (Å²) in [6.45, 7) is 2.75. The van der Waals surface area contributed by atoms with Gasteiger partial charge in [0.1, 0.15) is 18.2 Å². The van der Waals surface area contributed by atoms with Crippen molar-refractivity contribution in [2.75, 3.05) is 0 Å². The number of hydrogen-bond donors (Lipinski definition) is 2. The number of benzene rings is 2. The van der Waals surface area contributed by atoms with Crippen molar-refractivity contribution in [3.63, 3.8) is 0 Å². The van der Waals surface area contributed by atoms with Crippen molar-refractivity contribution >= 4 is 11.0 Å². The number of aliphatic hydroxyl groups excluding tert-OH is 1. The van der Waals surface area contributed by atoms with Crippen LogP contribution in [0.5, 0.6) is 5.75 Å². The topological polar surface area (TPSA) is 58.3 Å². The van der Waals surface area contributed by atoms with Crippen molar-refractivity contribution in [1.82, 2.24) is 9.55 Å². The molecule has 2 N–H and O–H groups in total. The quantitative estimate of drug-likeness (QED) is 0.768. The van der Waals surface area contributed by atoms with Crippen molar-refractivity contribution < 1.29 is 10.2 Å². The molecule has 102 valence electrons. The molecule has 0 aliphatic heterocycles. The average Bonchev–Trinajstić information content (AvgIpc) is 2.84. The van der Waals surface area contributed by atoms with Gasteiger partial charge in [-0.15, -0.1) is 0 Å². The van der Waals surface area contributed by atoms with Crippen LogP contribution in [-0.2, 0) is 13.2 Å². The van der Waals surface area contributed by atoms with Gasteiger partial charge < -0.3 is 14.8 Å². The molecule has 0 saturated carbocycles. The predicted octanol–water partition coefficient (Wildman–Crippen LogP) is 2.92. The Morgan fingerprint density at radius 1 is 1.05 bits per heavy atom. The number of aromatic hydroxyl groups is 1. The number of aryl methyl sites for hydroxylation is 1. The number of rotatable bonds is 3. The summed E-state index contributed by atoms with van der Waals surface area (Å²) in [5.74, 6) is 0.946. The van der Waals surface area contributed by atoms with Crippen LogP contribution in [-0.4, -0.2) is 19.8 Å². The van der Waals surface area contributed by atoms with Crippen LogP contribution in [0, 0.1) is 0 Å². The largest absolute Gasteiger partial charge is 0.508 e.